The highest BCUT2D eigenvalue weighted by molar-refractivity contribution is 5.95. The molecule has 4 N–H and O–H groups in total. The number of benzene rings is 2. The van der Waals surface area contributed by atoms with Gasteiger partial charge < -0.3 is 20.4 Å². The van der Waals surface area contributed by atoms with Crippen molar-refractivity contribution in [3.05, 3.63) is 53.1 Å². The normalized spacial score (nSPS) is 10.7. The van der Waals surface area contributed by atoms with Crippen molar-refractivity contribution in [2.24, 2.45) is 10.2 Å². The predicted molar refractivity (Wildman–Crippen MR) is 84.0 cm³/mol. The van der Waals surface area contributed by atoms with Crippen LogP contribution in [0.4, 0.5) is 11.4 Å². The summed E-state index contributed by atoms with van der Waals surface area (Å²) in [5, 5.41) is 44.0. The molecule has 0 aliphatic heterocycles. The molecule has 2 rings (SSSR count). The molecule has 0 fully saturated rings. The van der Waals surface area contributed by atoms with Crippen LogP contribution in [-0.4, -0.2) is 38.3 Å². The first-order chi connectivity index (χ1) is 11.8. The number of carboxylic acid groups (broad SMARTS) is 3. The van der Waals surface area contributed by atoms with Crippen LogP contribution in [0, 0.1) is 0 Å². The summed E-state index contributed by atoms with van der Waals surface area (Å²) in [6, 6.07) is 7.24. The molecular formula is C16H12N2O7. The smallest absolute Gasteiger partial charge is 0.335 e. The number of carbonyl (C=O) groups is 3. The summed E-state index contributed by atoms with van der Waals surface area (Å²) >= 11 is 0. The number of carboxylic acids is 3. The molecular weight excluding hydrogens is 332 g/mol. The molecule has 2 aromatic carbocycles. The number of aromatic hydroxyl groups is 1. The second kappa shape index (κ2) is 7.21. The molecule has 0 radical (unpaired) electrons. The molecule has 0 amide bonds. The van der Waals surface area contributed by atoms with E-state index >= 15 is 0 Å². The Morgan fingerprint density at radius 3 is 1.88 bits per heavy atom. The Morgan fingerprint density at radius 1 is 0.800 bits per heavy atom. The van der Waals surface area contributed by atoms with E-state index in [1.54, 1.807) is 0 Å². The van der Waals surface area contributed by atoms with Gasteiger partial charge in [0.15, 0.2) is 0 Å². The molecule has 0 saturated heterocycles. The fourth-order valence-corrected chi connectivity index (χ4v) is 1.97. The minimum atomic E-state index is -1.31. The van der Waals surface area contributed by atoms with Gasteiger partial charge >= 0.3 is 17.9 Å². The summed E-state index contributed by atoms with van der Waals surface area (Å²) in [6.07, 6.45) is -0.410. The van der Waals surface area contributed by atoms with Crippen molar-refractivity contribution in [2.75, 3.05) is 0 Å². The number of nitrogens with zero attached hydrogens (tertiary/aromatic N) is 2. The SMILES string of the molecule is O=C(O)Cc1cc(/N=N/c2cc(C(=O)O)cc(C(=O)O)c2)ccc1O. The molecule has 0 aromatic heterocycles. The van der Waals surface area contributed by atoms with Crippen molar-refractivity contribution >= 4 is 29.3 Å². The van der Waals surface area contributed by atoms with Crippen molar-refractivity contribution in [1.29, 1.82) is 0 Å². The third-order valence-electron chi connectivity index (χ3n) is 3.10. The van der Waals surface area contributed by atoms with Crippen molar-refractivity contribution in [2.45, 2.75) is 6.42 Å². The highest BCUT2D eigenvalue weighted by Gasteiger charge is 2.11. The Kier molecular flexibility index (Phi) is 5.08. The Hall–Kier alpha value is -3.75. The lowest BCUT2D eigenvalue weighted by Crippen LogP contribution is -2.01. The first-order valence-electron chi connectivity index (χ1n) is 6.83. The van der Waals surface area contributed by atoms with Crippen molar-refractivity contribution < 1.29 is 34.8 Å². The largest absolute Gasteiger partial charge is 0.508 e. The second-order valence-corrected chi connectivity index (χ2v) is 4.96. The van der Waals surface area contributed by atoms with Gasteiger partial charge in [-0.25, -0.2) is 9.59 Å². The molecule has 0 bridgehead atoms. The van der Waals surface area contributed by atoms with Crippen molar-refractivity contribution in [3.8, 4) is 5.75 Å². The third kappa shape index (κ3) is 4.61. The molecule has 0 saturated carbocycles. The van der Waals surface area contributed by atoms with Crippen LogP contribution in [0.2, 0.25) is 0 Å². The fourth-order valence-electron chi connectivity index (χ4n) is 1.97. The first-order valence-corrected chi connectivity index (χ1v) is 6.83. The molecule has 0 atom stereocenters. The van der Waals surface area contributed by atoms with Crippen LogP contribution in [0.1, 0.15) is 26.3 Å². The quantitative estimate of drug-likeness (QED) is 0.587. The molecule has 9 nitrogen and oxygen atoms in total. The number of hydrogen-bond donors (Lipinski definition) is 4. The standard InChI is InChI=1S/C16H12N2O7/c19-13-2-1-11(4-8(13)7-14(20)21)17-18-12-5-9(15(22)23)3-10(6-12)16(24)25/h1-6,19H,7H2,(H,20,21)(H,22,23)(H,24,25)/b18-17+. The topological polar surface area (TPSA) is 157 Å². The van der Waals surface area contributed by atoms with E-state index in [0.29, 0.717) is 0 Å². The summed E-state index contributed by atoms with van der Waals surface area (Å²) in [5.41, 5.74) is -0.163. The lowest BCUT2D eigenvalue weighted by molar-refractivity contribution is -0.136. The summed E-state index contributed by atoms with van der Waals surface area (Å²) in [4.78, 5) is 32.8. The number of hydrogen-bond acceptors (Lipinski definition) is 6. The van der Waals surface area contributed by atoms with Gasteiger partial charge in [-0.1, -0.05) is 0 Å². The molecule has 0 unspecified atom stereocenters. The summed E-state index contributed by atoms with van der Waals surface area (Å²) in [6.45, 7) is 0. The van der Waals surface area contributed by atoms with Gasteiger partial charge in [-0.2, -0.15) is 10.2 Å². The van der Waals surface area contributed by atoms with E-state index in [9.17, 15) is 19.5 Å². The summed E-state index contributed by atoms with van der Waals surface area (Å²) < 4.78 is 0. The van der Waals surface area contributed by atoms with Crippen LogP contribution >= 0.6 is 0 Å². The lowest BCUT2D eigenvalue weighted by atomic mass is 10.1. The van der Waals surface area contributed by atoms with E-state index in [4.69, 9.17) is 15.3 Å². The van der Waals surface area contributed by atoms with Gasteiger partial charge in [-0.05, 0) is 36.4 Å². The molecule has 0 aliphatic rings. The maximum Gasteiger partial charge on any atom is 0.335 e. The number of phenolic OH excluding ortho intramolecular Hbond substituents is 1. The Balaban J connectivity index is 2.37. The van der Waals surface area contributed by atoms with E-state index in [1.807, 2.05) is 0 Å². The fraction of sp³-hybridized carbons (Fsp3) is 0.0625. The van der Waals surface area contributed by atoms with Crippen molar-refractivity contribution in [1.82, 2.24) is 0 Å². The first kappa shape index (κ1) is 17.6. The number of aliphatic carboxylic acids is 1. The predicted octanol–water partition coefficient (Wildman–Crippen LogP) is 2.83. The van der Waals surface area contributed by atoms with Crippen LogP contribution < -0.4 is 0 Å². The maximum atomic E-state index is 11.0. The molecule has 128 valence electrons. The zero-order valence-corrected chi connectivity index (χ0v) is 12.6. The summed E-state index contributed by atoms with van der Waals surface area (Å²) in [5.74, 6) is -3.96. The van der Waals surface area contributed by atoms with Crippen LogP contribution in [0.3, 0.4) is 0 Å². The lowest BCUT2D eigenvalue weighted by Gasteiger charge is -2.03. The van der Waals surface area contributed by atoms with Gasteiger partial charge in [0, 0.05) is 5.56 Å². The zero-order valence-electron chi connectivity index (χ0n) is 12.6. The van der Waals surface area contributed by atoms with E-state index in [2.05, 4.69) is 10.2 Å². The zero-order chi connectivity index (χ0) is 18.6. The van der Waals surface area contributed by atoms with Gasteiger partial charge in [0.2, 0.25) is 0 Å². The van der Waals surface area contributed by atoms with E-state index < -0.39 is 24.3 Å². The van der Waals surface area contributed by atoms with Gasteiger partial charge in [0.25, 0.3) is 0 Å². The number of rotatable bonds is 6. The number of phenols is 1. The highest BCUT2D eigenvalue weighted by Crippen LogP contribution is 2.26. The van der Waals surface area contributed by atoms with Crippen LogP contribution in [0.15, 0.2) is 46.6 Å². The molecule has 25 heavy (non-hydrogen) atoms. The Bertz CT molecular complexity index is 858. The van der Waals surface area contributed by atoms with Crippen LogP contribution in [0.25, 0.3) is 0 Å². The average molecular weight is 344 g/mol. The molecule has 0 spiro atoms. The number of aromatic carboxylic acids is 2. The maximum absolute atomic E-state index is 11.0. The van der Waals surface area contributed by atoms with Crippen molar-refractivity contribution in [3.63, 3.8) is 0 Å². The van der Waals surface area contributed by atoms with Gasteiger partial charge in [0.1, 0.15) is 5.75 Å². The second-order valence-electron chi connectivity index (χ2n) is 4.96. The minimum absolute atomic E-state index is 0.00478. The Labute approximate surface area is 140 Å². The van der Waals surface area contributed by atoms with E-state index in [1.165, 1.54) is 18.2 Å². The molecule has 0 heterocycles. The minimum Gasteiger partial charge on any atom is -0.508 e. The van der Waals surface area contributed by atoms with Gasteiger partial charge in [-0.3, -0.25) is 4.79 Å². The van der Waals surface area contributed by atoms with E-state index in [-0.39, 0.29) is 33.8 Å². The average Bonchev–Trinajstić information content (AvgIpc) is 2.54. The van der Waals surface area contributed by atoms with Gasteiger partial charge in [-0.15, -0.1) is 0 Å². The molecule has 2 aromatic rings. The van der Waals surface area contributed by atoms with Gasteiger partial charge in [0.05, 0.1) is 28.9 Å². The highest BCUT2D eigenvalue weighted by atomic mass is 16.4. The van der Waals surface area contributed by atoms with Crippen LogP contribution in [0.5, 0.6) is 5.75 Å². The number of azo groups is 1. The molecule has 9 heteroatoms. The summed E-state index contributed by atoms with van der Waals surface area (Å²) in [7, 11) is 0. The van der Waals surface area contributed by atoms with E-state index in [0.717, 1.165) is 18.2 Å². The van der Waals surface area contributed by atoms with Crippen LogP contribution in [-0.2, 0) is 11.2 Å². The molecule has 0 aliphatic carbocycles. The Morgan fingerprint density at radius 2 is 1.36 bits per heavy atom. The monoisotopic (exact) mass is 344 g/mol. The third-order valence-corrected chi connectivity index (χ3v) is 3.10.